The highest BCUT2D eigenvalue weighted by atomic mass is 19.1. The number of rotatable bonds is 4. The Labute approximate surface area is 177 Å². The minimum absolute atomic E-state index is 0. The largest absolute Gasteiger partial charge is 0.379 e. The molecule has 1 amide bonds. The van der Waals surface area contributed by atoms with Crippen LogP contribution in [0.3, 0.4) is 0 Å². The number of carbonyl (C=O) groups is 1. The summed E-state index contributed by atoms with van der Waals surface area (Å²) in [7, 11) is 0. The number of halogens is 2. The van der Waals surface area contributed by atoms with E-state index in [0.29, 0.717) is 10.9 Å². The minimum atomic E-state index is -0.751. The third kappa shape index (κ3) is 4.61. The zero-order valence-corrected chi connectivity index (χ0v) is 18.1. The van der Waals surface area contributed by atoms with Crippen LogP contribution in [0, 0.1) is 25.1 Å². The van der Waals surface area contributed by atoms with Crippen LogP contribution < -0.4 is 26.8 Å². The van der Waals surface area contributed by atoms with Gasteiger partial charge in [0, 0.05) is 36.3 Å². The summed E-state index contributed by atoms with van der Waals surface area (Å²) in [5, 5.41) is 7.36. The Hall–Kier alpha value is -2.96. The third-order valence-electron chi connectivity index (χ3n) is 5.08. The average Bonchev–Trinajstić information content (AvgIpc) is 2.68. The number of pyridine rings is 1. The number of benzene rings is 1. The van der Waals surface area contributed by atoms with Crippen LogP contribution in [0.4, 0.5) is 8.78 Å². The molecule has 0 spiro atoms. The van der Waals surface area contributed by atoms with Crippen molar-refractivity contribution in [1.82, 2.24) is 15.6 Å². The summed E-state index contributed by atoms with van der Waals surface area (Å²) in [5.41, 5.74) is 1.80. The molecule has 1 aliphatic rings. The number of hydrogen-bond donors (Lipinski definition) is 3. The predicted octanol–water partition coefficient (Wildman–Crippen LogP) is 3.13. The lowest BCUT2D eigenvalue weighted by Gasteiger charge is -2.20. The van der Waals surface area contributed by atoms with E-state index in [1.165, 1.54) is 6.07 Å². The van der Waals surface area contributed by atoms with E-state index in [1.54, 1.807) is 33.4 Å². The number of aromatic amines is 1. The van der Waals surface area contributed by atoms with Crippen molar-refractivity contribution in [2.75, 3.05) is 0 Å². The molecule has 7 heteroatoms. The van der Waals surface area contributed by atoms with Gasteiger partial charge in [-0.15, -0.1) is 0 Å². The molecule has 165 valence electrons. The summed E-state index contributed by atoms with van der Waals surface area (Å²) >= 11 is 0. The molecule has 30 heavy (non-hydrogen) atoms. The van der Waals surface area contributed by atoms with E-state index in [4.69, 9.17) is 0 Å². The summed E-state index contributed by atoms with van der Waals surface area (Å²) in [6.07, 6.45) is 1.77. The Bertz CT molecular complexity index is 1130. The molecule has 0 fully saturated rings. The SMILES string of the molecule is CC.CC1=c2c(C)c(C(C)C(=O)N[C@@H](C)c3ccc(F)cc3F)c(=O)[nH]c2=C[CH]N1.[HH].[HH]. The van der Waals surface area contributed by atoms with Gasteiger partial charge in [-0.1, -0.05) is 19.9 Å². The van der Waals surface area contributed by atoms with Crippen molar-refractivity contribution < 1.29 is 16.4 Å². The van der Waals surface area contributed by atoms with E-state index < -0.39 is 29.5 Å². The molecule has 1 radical (unpaired) electrons. The summed E-state index contributed by atoms with van der Waals surface area (Å²) in [4.78, 5) is 28.2. The maximum absolute atomic E-state index is 14.0. The molecule has 2 atom stereocenters. The van der Waals surface area contributed by atoms with Crippen LogP contribution in [0.1, 0.15) is 66.1 Å². The normalized spacial score (nSPS) is 14.3. The number of H-pyrrole nitrogens is 1. The Kier molecular flexibility index (Phi) is 7.54. The first-order valence-electron chi connectivity index (χ1n) is 9.99. The first-order valence-corrected chi connectivity index (χ1v) is 9.99. The van der Waals surface area contributed by atoms with Crippen LogP contribution in [0.5, 0.6) is 0 Å². The molecule has 1 aromatic heterocycles. The van der Waals surface area contributed by atoms with Gasteiger partial charge in [-0.2, -0.15) is 0 Å². The molecule has 2 heterocycles. The number of hydrogen-bond acceptors (Lipinski definition) is 3. The second kappa shape index (κ2) is 9.69. The lowest BCUT2D eigenvalue weighted by Crippen LogP contribution is -2.46. The van der Waals surface area contributed by atoms with Gasteiger partial charge in [-0.05, 0) is 45.4 Å². The monoisotopic (exact) mass is 420 g/mol. The van der Waals surface area contributed by atoms with Gasteiger partial charge in [0.15, 0.2) is 0 Å². The van der Waals surface area contributed by atoms with Crippen molar-refractivity contribution in [2.24, 2.45) is 0 Å². The highest BCUT2D eigenvalue weighted by molar-refractivity contribution is 5.84. The summed E-state index contributed by atoms with van der Waals surface area (Å²) < 4.78 is 27.1. The molecule has 0 aliphatic carbocycles. The smallest absolute Gasteiger partial charge is 0.252 e. The van der Waals surface area contributed by atoms with Crippen molar-refractivity contribution in [3.8, 4) is 0 Å². The molecular formula is C23H32F2N3O2. The molecular weight excluding hydrogens is 388 g/mol. The second-order valence-electron chi connectivity index (χ2n) is 7.00. The first-order chi connectivity index (χ1) is 14.2. The van der Waals surface area contributed by atoms with Gasteiger partial charge in [0.25, 0.3) is 5.56 Å². The second-order valence-corrected chi connectivity index (χ2v) is 7.00. The van der Waals surface area contributed by atoms with Crippen molar-refractivity contribution in [1.29, 1.82) is 0 Å². The number of carbonyl (C=O) groups excluding carboxylic acids is 1. The molecule has 0 saturated heterocycles. The average molecular weight is 421 g/mol. The lowest BCUT2D eigenvalue weighted by atomic mass is 9.94. The van der Waals surface area contributed by atoms with E-state index in [2.05, 4.69) is 15.6 Å². The van der Waals surface area contributed by atoms with Gasteiger partial charge >= 0.3 is 0 Å². The van der Waals surface area contributed by atoms with Crippen LogP contribution in [0.2, 0.25) is 0 Å². The maximum atomic E-state index is 14.0. The van der Waals surface area contributed by atoms with Gasteiger partial charge in [0.2, 0.25) is 5.91 Å². The molecule has 3 rings (SSSR count). The van der Waals surface area contributed by atoms with Crippen LogP contribution in [0.15, 0.2) is 23.0 Å². The molecule has 1 aromatic carbocycles. The summed E-state index contributed by atoms with van der Waals surface area (Å²) in [5.74, 6) is -2.58. The summed E-state index contributed by atoms with van der Waals surface area (Å²) in [6, 6.07) is 2.54. The molecule has 5 nitrogen and oxygen atoms in total. The van der Waals surface area contributed by atoms with Crippen molar-refractivity contribution in [3.05, 3.63) is 74.0 Å². The molecule has 0 bridgehead atoms. The predicted molar refractivity (Wildman–Crippen MR) is 119 cm³/mol. The van der Waals surface area contributed by atoms with Crippen LogP contribution in [-0.2, 0) is 4.79 Å². The fraction of sp³-hybridized carbons (Fsp3) is 0.348. The number of aromatic nitrogens is 1. The first kappa shape index (κ1) is 23.3. The highest BCUT2D eigenvalue weighted by Crippen LogP contribution is 2.20. The van der Waals surface area contributed by atoms with E-state index in [0.717, 1.165) is 28.6 Å². The number of fused-ring (bicyclic) bond motifs is 1. The van der Waals surface area contributed by atoms with E-state index >= 15 is 0 Å². The van der Waals surface area contributed by atoms with Crippen LogP contribution >= 0.6 is 0 Å². The van der Waals surface area contributed by atoms with Gasteiger partial charge in [-0.3, -0.25) is 9.59 Å². The third-order valence-corrected chi connectivity index (χ3v) is 5.08. The fourth-order valence-corrected chi connectivity index (χ4v) is 3.61. The molecule has 0 saturated carbocycles. The standard InChI is InChI=1S/C21H22F2N3O2.C2H6.2H2/c1-10-18(21(28)26-17-7-8-24-13(4)19(10)17)11(2)20(27)25-12(3)15-6-5-14(22)9-16(15)23;1-2;;/h5-9,11-12,24H,1-4H3,(H,25,27)(H,26,28);1-2H3;2*1H/t11?,12-;;;/m0.../s1. The Morgan fingerprint density at radius 1 is 1.17 bits per heavy atom. The Morgan fingerprint density at radius 2 is 1.83 bits per heavy atom. The maximum Gasteiger partial charge on any atom is 0.252 e. The topological polar surface area (TPSA) is 74.0 Å². The quantitative estimate of drug-likeness (QED) is 0.712. The Morgan fingerprint density at radius 3 is 2.47 bits per heavy atom. The van der Waals surface area contributed by atoms with Gasteiger partial charge in [0.1, 0.15) is 11.6 Å². The highest BCUT2D eigenvalue weighted by Gasteiger charge is 2.24. The summed E-state index contributed by atoms with van der Waals surface area (Å²) in [6.45, 7) is 12.7. The number of nitrogens with one attached hydrogen (secondary N) is 3. The van der Waals surface area contributed by atoms with Crippen LogP contribution in [-0.4, -0.2) is 10.9 Å². The van der Waals surface area contributed by atoms with Gasteiger partial charge in [-0.25, -0.2) is 8.78 Å². The number of amides is 1. The molecule has 3 N–H and O–H groups in total. The molecule has 1 unspecified atom stereocenters. The molecule has 1 aliphatic heterocycles. The van der Waals surface area contributed by atoms with Crippen LogP contribution in [0.25, 0.3) is 11.8 Å². The van der Waals surface area contributed by atoms with Gasteiger partial charge in [0.05, 0.1) is 18.5 Å². The zero-order chi connectivity index (χ0) is 22.6. The van der Waals surface area contributed by atoms with E-state index in [-0.39, 0.29) is 14.0 Å². The minimum Gasteiger partial charge on any atom is -0.379 e. The molecule has 2 aromatic rings. The zero-order valence-electron chi connectivity index (χ0n) is 18.1. The van der Waals surface area contributed by atoms with Crippen molar-refractivity contribution >= 4 is 17.7 Å². The van der Waals surface area contributed by atoms with Gasteiger partial charge < -0.3 is 15.6 Å². The van der Waals surface area contributed by atoms with E-state index in [9.17, 15) is 18.4 Å². The van der Waals surface area contributed by atoms with E-state index in [1.807, 2.05) is 20.8 Å². The van der Waals surface area contributed by atoms with Crippen molar-refractivity contribution in [2.45, 2.75) is 53.5 Å². The van der Waals surface area contributed by atoms with Crippen molar-refractivity contribution in [3.63, 3.8) is 0 Å². The Balaban J connectivity index is 0.00000234. The fourth-order valence-electron chi connectivity index (χ4n) is 3.61. The lowest BCUT2D eigenvalue weighted by molar-refractivity contribution is -0.122.